The average molecular weight is 306 g/mol. The van der Waals surface area contributed by atoms with Gasteiger partial charge in [-0.1, -0.05) is 29.8 Å². The Bertz CT molecular complexity index is 601. The number of aliphatic hydroxyl groups excluding tert-OH is 1. The lowest BCUT2D eigenvalue weighted by Gasteiger charge is -2.15. The highest BCUT2D eigenvalue weighted by molar-refractivity contribution is 6.30. The number of nitrogens with one attached hydrogen (secondary N) is 1. The Morgan fingerprint density at radius 2 is 2.00 bits per heavy atom. The second kappa shape index (κ2) is 7.34. The number of hydrogen-bond acceptors (Lipinski definition) is 3. The van der Waals surface area contributed by atoms with E-state index in [1.54, 1.807) is 12.1 Å². The summed E-state index contributed by atoms with van der Waals surface area (Å²) in [5.41, 5.74) is 3.38. The zero-order valence-electron chi connectivity index (χ0n) is 12.3. The van der Waals surface area contributed by atoms with Crippen molar-refractivity contribution in [2.24, 2.45) is 0 Å². The third-order valence-electron chi connectivity index (χ3n) is 3.16. The standard InChI is InChI=1S/C17H20ClNO2/c1-12-6-7-13(2)17(8-12)19-10-15(20)11-21-16-5-3-4-14(18)9-16/h3-9,15,19-20H,10-11H2,1-2H3. The lowest BCUT2D eigenvalue weighted by atomic mass is 10.1. The van der Waals surface area contributed by atoms with Gasteiger partial charge in [-0.2, -0.15) is 0 Å². The SMILES string of the molecule is Cc1ccc(C)c(NCC(O)COc2cccc(Cl)c2)c1. The van der Waals surface area contributed by atoms with E-state index < -0.39 is 6.10 Å². The van der Waals surface area contributed by atoms with Crippen molar-refractivity contribution in [1.29, 1.82) is 0 Å². The average Bonchev–Trinajstić information content (AvgIpc) is 2.46. The number of aliphatic hydroxyl groups is 1. The van der Waals surface area contributed by atoms with Crippen molar-refractivity contribution in [3.63, 3.8) is 0 Å². The molecular formula is C17H20ClNO2. The van der Waals surface area contributed by atoms with E-state index in [-0.39, 0.29) is 6.61 Å². The molecule has 0 aliphatic carbocycles. The van der Waals surface area contributed by atoms with Gasteiger partial charge < -0.3 is 15.2 Å². The first-order chi connectivity index (χ1) is 10.0. The molecule has 112 valence electrons. The molecular weight excluding hydrogens is 286 g/mol. The normalized spacial score (nSPS) is 12.0. The lowest BCUT2D eigenvalue weighted by Crippen LogP contribution is -2.26. The summed E-state index contributed by atoms with van der Waals surface area (Å²) >= 11 is 5.88. The lowest BCUT2D eigenvalue weighted by molar-refractivity contribution is 0.117. The maximum absolute atomic E-state index is 9.98. The van der Waals surface area contributed by atoms with Gasteiger partial charge >= 0.3 is 0 Å². The topological polar surface area (TPSA) is 41.5 Å². The van der Waals surface area contributed by atoms with E-state index in [0.717, 1.165) is 11.3 Å². The molecule has 1 atom stereocenters. The van der Waals surface area contributed by atoms with Crippen LogP contribution in [0.1, 0.15) is 11.1 Å². The number of benzene rings is 2. The number of rotatable bonds is 6. The van der Waals surface area contributed by atoms with Crippen LogP contribution in [0.25, 0.3) is 0 Å². The molecule has 3 nitrogen and oxygen atoms in total. The fourth-order valence-corrected chi connectivity index (χ4v) is 2.14. The third-order valence-corrected chi connectivity index (χ3v) is 3.39. The van der Waals surface area contributed by atoms with Crippen LogP contribution in [0.4, 0.5) is 5.69 Å². The van der Waals surface area contributed by atoms with Crippen molar-refractivity contribution >= 4 is 17.3 Å². The summed E-state index contributed by atoms with van der Waals surface area (Å²) in [6, 6.07) is 13.3. The number of halogens is 1. The van der Waals surface area contributed by atoms with E-state index in [2.05, 4.69) is 23.5 Å². The second-order valence-corrected chi connectivity index (χ2v) is 5.56. The van der Waals surface area contributed by atoms with E-state index in [1.165, 1.54) is 5.56 Å². The molecule has 0 aliphatic rings. The number of anilines is 1. The molecule has 0 aliphatic heterocycles. The third kappa shape index (κ3) is 4.96. The largest absolute Gasteiger partial charge is 0.491 e. The van der Waals surface area contributed by atoms with Gasteiger partial charge in [0.2, 0.25) is 0 Å². The molecule has 1 unspecified atom stereocenters. The maximum Gasteiger partial charge on any atom is 0.120 e. The molecule has 0 saturated carbocycles. The summed E-state index contributed by atoms with van der Waals surface area (Å²) in [6.07, 6.45) is -0.594. The van der Waals surface area contributed by atoms with Crippen LogP contribution in [0.5, 0.6) is 5.75 Å². The minimum absolute atomic E-state index is 0.220. The van der Waals surface area contributed by atoms with Crippen LogP contribution < -0.4 is 10.1 Å². The molecule has 0 amide bonds. The van der Waals surface area contributed by atoms with Gasteiger partial charge in [0.15, 0.2) is 0 Å². The van der Waals surface area contributed by atoms with E-state index >= 15 is 0 Å². The van der Waals surface area contributed by atoms with Crippen LogP contribution in [0.2, 0.25) is 5.02 Å². The molecule has 0 fully saturated rings. The van der Waals surface area contributed by atoms with Crippen molar-refractivity contribution in [3.05, 3.63) is 58.6 Å². The quantitative estimate of drug-likeness (QED) is 0.853. The van der Waals surface area contributed by atoms with Crippen molar-refractivity contribution < 1.29 is 9.84 Å². The minimum atomic E-state index is -0.594. The monoisotopic (exact) mass is 305 g/mol. The number of ether oxygens (including phenoxy) is 1. The summed E-state index contributed by atoms with van der Waals surface area (Å²) in [4.78, 5) is 0. The Labute approximate surface area is 130 Å². The molecule has 21 heavy (non-hydrogen) atoms. The van der Waals surface area contributed by atoms with Crippen molar-refractivity contribution in [3.8, 4) is 5.75 Å². The first kappa shape index (κ1) is 15.7. The molecule has 0 saturated heterocycles. The van der Waals surface area contributed by atoms with E-state index in [9.17, 15) is 5.11 Å². The zero-order chi connectivity index (χ0) is 15.2. The molecule has 0 bridgehead atoms. The van der Waals surface area contributed by atoms with Gasteiger partial charge in [-0.25, -0.2) is 0 Å². The van der Waals surface area contributed by atoms with Crippen LogP contribution in [0.3, 0.4) is 0 Å². The van der Waals surface area contributed by atoms with E-state index in [1.807, 2.05) is 26.0 Å². The molecule has 2 N–H and O–H groups in total. The molecule has 0 heterocycles. The molecule has 2 rings (SSSR count). The first-order valence-electron chi connectivity index (χ1n) is 6.92. The van der Waals surface area contributed by atoms with Gasteiger partial charge in [0, 0.05) is 17.3 Å². The summed E-state index contributed by atoms with van der Waals surface area (Å²) in [6.45, 7) is 4.74. The van der Waals surface area contributed by atoms with E-state index in [0.29, 0.717) is 17.3 Å². The van der Waals surface area contributed by atoms with Crippen LogP contribution in [0, 0.1) is 13.8 Å². The summed E-state index contributed by atoms with van der Waals surface area (Å²) in [5.74, 6) is 0.660. The second-order valence-electron chi connectivity index (χ2n) is 5.12. The Morgan fingerprint density at radius 3 is 2.76 bits per heavy atom. The minimum Gasteiger partial charge on any atom is -0.491 e. The van der Waals surface area contributed by atoms with Crippen molar-refractivity contribution in [2.45, 2.75) is 20.0 Å². The molecule has 4 heteroatoms. The summed E-state index contributed by atoms with van der Waals surface area (Å²) in [5, 5.41) is 13.8. The maximum atomic E-state index is 9.98. The van der Waals surface area contributed by atoms with Crippen molar-refractivity contribution in [2.75, 3.05) is 18.5 Å². The zero-order valence-corrected chi connectivity index (χ0v) is 13.0. The van der Waals surface area contributed by atoms with Gasteiger partial charge in [0.25, 0.3) is 0 Å². The van der Waals surface area contributed by atoms with E-state index in [4.69, 9.17) is 16.3 Å². The Kier molecular flexibility index (Phi) is 5.48. The fourth-order valence-electron chi connectivity index (χ4n) is 1.96. The van der Waals surface area contributed by atoms with Crippen LogP contribution in [-0.4, -0.2) is 24.4 Å². The van der Waals surface area contributed by atoms with Crippen LogP contribution >= 0.6 is 11.6 Å². The molecule has 0 radical (unpaired) electrons. The highest BCUT2D eigenvalue weighted by atomic mass is 35.5. The molecule has 2 aromatic rings. The summed E-state index contributed by atoms with van der Waals surface area (Å²) in [7, 11) is 0. The Morgan fingerprint density at radius 1 is 1.19 bits per heavy atom. The van der Waals surface area contributed by atoms with Gasteiger partial charge in [-0.3, -0.25) is 0 Å². The predicted molar refractivity (Wildman–Crippen MR) is 87.4 cm³/mol. The fraction of sp³-hybridized carbons (Fsp3) is 0.294. The van der Waals surface area contributed by atoms with Gasteiger partial charge in [-0.15, -0.1) is 0 Å². The van der Waals surface area contributed by atoms with Gasteiger partial charge in [0.1, 0.15) is 18.5 Å². The van der Waals surface area contributed by atoms with Gasteiger partial charge in [-0.05, 0) is 49.2 Å². The van der Waals surface area contributed by atoms with Crippen molar-refractivity contribution in [1.82, 2.24) is 0 Å². The summed E-state index contributed by atoms with van der Waals surface area (Å²) < 4.78 is 5.52. The van der Waals surface area contributed by atoms with Gasteiger partial charge in [0.05, 0.1) is 0 Å². The predicted octanol–water partition coefficient (Wildman–Crippen LogP) is 3.81. The van der Waals surface area contributed by atoms with Crippen LogP contribution in [0.15, 0.2) is 42.5 Å². The molecule has 2 aromatic carbocycles. The number of aryl methyl sites for hydroxylation is 2. The molecule has 0 aromatic heterocycles. The van der Waals surface area contributed by atoms with Crippen LogP contribution in [-0.2, 0) is 0 Å². The molecule has 0 spiro atoms. The Balaban J connectivity index is 1.82. The highest BCUT2D eigenvalue weighted by Crippen LogP contribution is 2.18. The first-order valence-corrected chi connectivity index (χ1v) is 7.30. The Hall–Kier alpha value is -1.71. The highest BCUT2D eigenvalue weighted by Gasteiger charge is 2.07. The number of hydrogen-bond donors (Lipinski definition) is 2. The smallest absolute Gasteiger partial charge is 0.120 e.